The van der Waals surface area contributed by atoms with Crippen molar-refractivity contribution >= 4 is 5.91 Å². The van der Waals surface area contributed by atoms with Gasteiger partial charge in [-0.3, -0.25) is 9.69 Å². The zero-order chi connectivity index (χ0) is 9.31. The zero-order valence-electron chi connectivity index (χ0n) is 8.25. The van der Waals surface area contributed by atoms with E-state index in [0.717, 1.165) is 24.1 Å². The van der Waals surface area contributed by atoms with E-state index in [0.29, 0.717) is 6.54 Å². The summed E-state index contributed by atoms with van der Waals surface area (Å²) in [6, 6.07) is 0. The van der Waals surface area contributed by atoms with E-state index >= 15 is 0 Å². The molecular formula is C9H18N3O+. The highest BCUT2D eigenvalue weighted by Gasteiger charge is 2.39. The van der Waals surface area contributed by atoms with Crippen LogP contribution in [0.15, 0.2) is 0 Å². The van der Waals surface area contributed by atoms with E-state index in [9.17, 15) is 4.79 Å². The van der Waals surface area contributed by atoms with Crippen LogP contribution >= 0.6 is 0 Å². The molecule has 0 aromatic heterocycles. The first-order chi connectivity index (χ1) is 6.24. The van der Waals surface area contributed by atoms with E-state index in [2.05, 4.69) is 10.2 Å². The Labute approximate surface area is 79.1 Å². The van der Waals surface area contributed by atoms with Gasteiger partial charge in [-0.1, -0.05) is 0 Å². The van der Waals surface area contributed by atoms with E-state index in [-0.39, 0.29) is 5.91 Å². The Hall–Kier alpha value is -0.610. The van der Waals surface area contributed by atoms with Crippen molar-refractivity contribution in [1.29, 1.82) is 0 Å². The lowest BCUT2D eigenvalue weighted by atomic mass is 10.1. The predicted molar refractivity (Wildman–Crippen MR) is 50.2 cm³/mol. The van der Waals surface area contributed by atoms with Gasteiger partial charge in [0.25, 0.3) is 5.91 Å². The summed E-state index contributed by atoms with van der Waals surface area (Å²) in [5.74, 6) is 0.190. The summed E-state index contributed by atoms with van der Waals surface area (Å²) in [6.45, 7) is 7.70. The molecule has 3 aliphatic heterocycles. The molecule has 0 aromatic rings. The number of quaternary nitrogens is 1. The normalized spacial score (nSPS) is 37.5. The first-order valence-corrected chi connectivity index (χ1v) is 5.02. The maximum Gasteiger partial charge on any atom is 0.275 e. The van der Waals surface area contributed by atoms with Crippen LogP contribution in [0.1, 0.15) is 0 Å². The highest BCUT2D eigenvalue weighted by atomic mass is 16.2. The third-order valence-corrected chi connectivity index (χ3v) is 3.43. The summed E-state index contributed by atoms with van der Waals surface area (Å²) < 4.78 is 1.02. The largest absolute Gasteiger partial charge is 0.354 e. The fourth-order valence-corrected chi connectivity index (χ4v) is 2.35. The van der Waals surface area contributed by atoms with Crippen LogP contribution in [0, 0.1) is 0 Å². The number of fused-ring (bicyclic) bond motifs is 3. The molecular weight excluding hydrogens is 166 g/mol. The van der Waals surface area contributed by atoms with Gasteiger partial charge in [-0.05, 0) is 0 Å². The summed E-state index contributed by atoms with van der Waals surface area (Å²) in [5.41, 5.74) is 0. The van der Waals surface area contributed by atoms with Crippen LogP contribution in [0.3, 0.4) is 0 Å². The van der Waals surface area contributed by atoms with E-state index in [1.807, 2.05) is 0 Å². The molecule has 0 unspecified atom stereocenters. The third kappa shape index (κ3) is 1.69. The fraction of sp³-hybridized carbons (Fsp3) is 0.889. The van der Waals surface area contributed by atoms with Crippen LogP contribution in [0.4, 0.5) is 0 Å². The Bertz CT molecular complexity index is 195. The maximum absolute atomic E-state index is 11.3. The molecule has 3 aliphatic rings. The standard InChI is InChI=1S/C9H17N3O/c1-10-9(13)8-12-5-2-11(3-6-12)4-7-12/h2-8H2,1H3/p+1. The number of hydrogen-bond donors (Lipinski definition) is 1. The Balaban J connectivity index is 1.98. The van der Waals surface area contributed by atoms with Crippen molar-refractivity contribution in [2.24, 2.45) is 0 Å². The molecule has 0 aromatic carbocycles. The summed E-state index contributed by atoms with van der Waals surface area (Å²) >= 11 is 0. The predicted octanol–water partition coefficient (Wildman–Crippen LogP) is -1.12. The van der Waals surface area contributed by atoms with Crippen molar-refractivity contribution in [3.63, 3.8) is 0 Å². The van der Waals surface area contributed by atoms with Crippen molar-refractivity contribution < 1.29 is 9.28 Å². The number of hydrogen-bond acceptors (Lipinski definition) is 2. The highest BCUT2D eigenvalue weighted by molar-refractivity contribution is 5.76. The molecule has 0 atom stereocenters. The monoisotopic (exact) mass is 184 g/mol. The Morgan fingerprint density at radius 1 is 1.31 bits per heavy atom. The topological polar surface area (TPSA) is 32.3 Å². The van der Waals surface area contributed by atoms with Gasteiger partial charge in [0, 0.05) is 26.7 Å². The molecule has 0 spiro atoms. The van der Waals surface area contributed by atoms with Crippen LogP contribution in [0.2, 0.25) is 0 Å². The highest BCUT2D eigenvalue weighted by Crippen LogP contribution is 2.18. The fourth-order valence-electron chi connectivity index (χ4n) is 2.35. The summed E-state index contributed by atoms with van der Waals surface area (Å²) in [5, 5.41) is 2.72. The minimum atomic E-state index is 0.190. The van der Waals surface area contributed by atoms with Crippen molar-refractivity contribution in [3.05, 3.63) is 0 Å². The van der Waals surface area contributed by atoms with Gasteiger partial charge in [0.1, 0.15) is 0 Å². The molecule has 2 bridgehead atoms. The molecule has 0 radical (unpaired) electrons. The van der Waals surface area contributed by atoms with Crippen LogP contribution in [-0.4, -0.2) is 68.2 Å². The van der Waals surface area contributed by atoms with Crippen molar-refractivity contribution in [2.75, 3.05) is 52.9 Å². The van der Waals surface area contributed by atoms with Gasteiger partial charge in [-0.2, -0.15) is 0 Å². The number of likely N-dealkylation sites (N-methyl/N-ethyl adjacent to an activating group) is 1. The van der Waals surface area contributed by atoms with Crippen LogP contribution in [-0.2, 0) is 4.79 Å². The second-order valence-electron chi connectivity index (χ2n) is 4.19. The SMILES string of the molecule is CNC(=O)C[N+]12CCN(CC1)CC2. The molecule has 3 saturated heterocycles. The minimum absolute atomic E-state index is 0.190. The molecule has 13 heavy (non-hydrogen) atoms. The van der Waals surface area contributed by atoms with Gasteiger partial charge in [-0.25, -0.2) is 0 Å². The molecule has 3 fully saturated rings. The molecule has 74 valence electrons. The third-order valence-electron chi connectivity index (χ3n) is 3.43. The molecule has 0 saturated carbocycles. The van der Waals surface area contributed by atoms with Crippen LogP contribution in [0.25, 0.3) is 0 Å². The Kier molecular flexibility index (Phi) is 2.26. The Morgan fingerprint density at radius 2 is 1.85 bits per heavy atom. The lowest BCUT2D eigenvalue weighted by Gasteiger charge is -2.50. The molecule has 3 heterocycles. The molecule has 4 heteroatoms. The van der Waals surface area contributed by atoms with E-state index < -0.39 is 0 Å². The molecule has 3 rings (SSSR count). The van der Waals surface area contributed by atoms with Gasteiger partial charge in [0.15, 0.2) is 6.54 Å². The lowest BCUT2D eigenvalue weighted by Crippen LogP contribution is -2.69. The smallest absolute Gasteiger partial charge is 0.275 e. The number of rotatable bonds is 2. The molecule has 1 amide bonds. The zero-order valence-corrected chi connectivity index (χ0v) is 8.25. The van der Waals surface area contributed by atoms with Crippen LogP contribution in [0.5, 0.6) is 0 Å². The molecule has 0 aliphatic carbocycles. The summed E-state index contributed by atoms with van der Waals surface area (Å²) in [6.07, 6.45) is 0. The maximum atomic E-state index is 11.3. The van der Waals surface area contributed by atoms with Crippen LogP contribution < -0.4 is 5.32 Å². The average Bonchev–Trinajstić information content (AvgIpc) is 2.20. The second-order valence-corrected chi connectivity index (χ2v) is 4.19. The van der Waals surface area contributed by atoms with Gasteiger partial charge < -0.3 is 9.80 Å². The first kappa shape index (κ1) is 8.97. The van der Waals surface area contributed by atoms with Gasteiger partial charge in [-0.15, -0.1) is 0 Å². The quantitative estimate of drug-likeness (QED) is 0.551. The second kappa shape index (κ2) is 3.27. The number of piperazine rings is 3. The van der Waals surface area contributed by atoms with Crippen molar-refractivity contribution in [3.8, 4) is 0 Å². The lowest BCUT2D eigenvalue weighted by molar-refractivity contribution is -0.933. The number of carbonyl (C=O) groups excluding carboxylic acids is 1. The van der Waals surface area contributed by atoms with Gasteiger partial charge in [0.2, 0.25) is 0 Å². The summed E-state index contributed by atoms with van der Waals surface area (Å²) in [4.78, 5) is 13.8. The van der Waals surface area contributed by atoms with E-state index in [1.54, 1.807) is 7.05 Å². The van der Waals surface area contributed by atoms with Crippen molar-refractivity contribution in [2.45, 2.75) is 0 Å². The summed E-state index contributed by atoms with van der Waals surface area (Å²) in [7, 11) is 1.72. The van der Waals surface area contributed by atoms with E-state index in [1.165, 1.54) is 19.6 Å². The molecule has 1 N–H and O–H groups in total. The minimum Gasteiger partial charge on any atom is -0.354 e. The van der Waals surface area contributed by atoms with Gasteiger partial charge >= 0.3 is 0 Å². The number of nitrogens with zero attached hydrogens (tertiary/aromatic N) is 2. The first-order valence-electron chi connectivity index (χ1n) is 5.02. The Morgan fingerprint density at radius 3 is 2.31 bits per heavy atom. The van der Waals surface area contributed by atoms with Gasteiger partial charge in [0.05, 0.1) is 19.6 Å². The molecule has 4 nitrogen and oxygen atoms in total. The van der Waals surface area contributed by atoms with Crippen molar-refractivity contribution in [1.82, 2.24) is 10.2 Å². The number of nitrogens with one attached hydrogen (secondary N) is 1. The number of carbonyl (C=O) groups is 1. The average molecular weight is 184 g/mol. The number of amides is 1. The van der Waals surface area contributed by atoms with E-state index in [4.69, 9.17) is 0 Å².